The monoisotopic (exact) mass is 303 g/mol. The van der Waals surface area contributed by atoms with Gasteiger partial charge in [0.2, 0.25) is 0 Å². The van der Waals surface area contributed by atoms with Crippen molar-refractivity contribution in [1.29, 1.82) is 0 Å². The van der Waals surface area contributed by atoms with Gasteiger partial charge in [-0.2, -0.15) is 4.98 Å². The molecule has 1 aromatic carbocycles. The Morgan fingerprint density at radius 1 is 0.957 bits per heavy atom. The first kappa shape index (κ1) is 13.4. The number of hydrogen-bond acceptors (Lipinski definition) is 4. The minimum absolute atomic E-state index is 0.282. The van der Waals surface area contributed by atoms with Gasteiger partial charge in [-0.05, 0) is 24.3 Å². The van der Waals surface area contributed by atoms with Crippen LogP contribution in [0.25, 0.3) is 17.2 Å². The van der Waals surface area contributed by atoms with Gasteiger partial charge in [-0.25, -0.2) is 14.8 Å². The van der Waals surface area contributed by atoms with Crippen LogP contribution in [0.4, 0.5) is 0 Å². The highest BCUT2D eigenvalue weighted by atomic mass is 16.1. The Morgan fingerprint density at radius 3 is 2.52 bits per heavy atom. The van der Waals surface area contributed by atoms with Crippen molar-refractivity contribution >= 4 is 0 Å². The molecule has 112 valence electrons. The third-order valence-electron chi connectivity index (χ3n) is 3.64. The van der Waals surface area contributed by atoms with Crippen LogP contribution in [0.2, 0.25) is 0 Å². The highest BCUT2D eigenvalue weighted by Gasteiger charge is 2.18. The van der Waals surface area contributed by atoms with E-state index >= 15 is 0 Å². The first-order chi connectivity index (χ1) is 11.3. The summed E-state index contributed by atoms with van der Waals surface area (Å²) >= 11 is 0. The van der Waals surface area contributed by atoms with Gasteiger partial charge in [-0.1, -0.05) is 18.2 Å². The molecular weight excluding hydrogens is 290 g/mol. The quantitative estimate of drug-likeness (QED) is 0.580. The molecule has 0 atom stereocenters. The predicted octanol–water partition coefficient (Wildman–Crippen LogP) is 1.98. The standard InChI is InChI=1S/C17H13N5O/c23-17-20-16-15(22(17)14-5-2-1-3-6-14)7-4-8-21(16)11-13-9-18-12-19-10-13/h1-10,12H,11H2. The van der Waals surface area contributed by atoms with Gasteiger partial charge in [0.05, 0.1) is 17.9 Å². The number of imidazole rings is 1. The van der Waals surface area contributed by atoms with Crippen molar-refractivity contribution in [3.63, 3.8) is 0 Å². The van der Waals surface area contributed by atoms with Crippen molar-refractivity contribution < 1.29 is 0 Å². The second-order valence-corrected chi connectivity index (χ2v) is 5.16. The molecule has 2 aliphatic rings. The number of rotatable bonds is 3. The number of para-hydroxylation sites is 1. The van der Waals surface area contributed by atoms with Crippen molar-refractivity contribution in [2.75, 3.05) is 0 Å². The number of nitrogens with zero attached hydrogens (tertiary/aromatic N) is 5. The lowest BCUT2D eigenvalue weighted by atomic mass is 10.2. The van der Waals surface area contributed by atoms with Crippen LogP contribution in [-0.4, -0.2) is 24.1 Å². The van der Waals surface area contributed by atoms with Gasteiger partial charge in [0.25, 0.3) is 0 Å². The second kappa shape index (κ2) is 5.49. The number of fused-ring (bicyclic) bond motifs is 1. The lowest BCUT2D eigenvalue weighted by molar-refractivity contribution is 0.774. The normalized spacial score (nSPS) is 11.0. The highest BCUT2D eigenvalue weighted by molar-refractivity contribution is 5.56. The Labute approximate surface area is 132 Å². The first-order valence-electron chi connectivity index (χ1n) is 7.20. The molecule has 4 rings (SSSR count). The van der Waals surface area contributed by atoms with Crippen LogP contribution in [0.15, 0.2) is 72.2 Å². The van der Waals surface area contributed by atoms with Gasteiger partial charge < -0.3 is 4.57 Å². The first-order valence-corrected chi connectivity index (χ1v) is 7.20. The average molecular weight is 303 g/mol. The molecule has 1 aromatic heterocycles. The topological polar surface area (TPSA) is 65.6 Å². The summed E-state index contributed by atoms with van der Waals surface area (Å²) in [7, 11) is 0. The fourth-order valence-corrected chi connectivity index (χ4v) is 2.63. The smallest absolute Gasteiger partial charge is 0.327 e. The van der Waals surface area contributed by atoms with Gasteiger partial charge in [0.1, 0.15) is 6.33 Å². The Kier molecular flexibility index (Phi) is 3.20. The van der Waals surface area contributed by atoms with Gasteiger partial charge in [0.15, 0.2) is 5.82 Å². The summed E-state index contributed by atoms with van der Waals surface area (Å²) in [6.07, 6.45) is 6.90. The maximum Gasteiger partial charge on any atom is 0.354 e. The average Bonchev–Trinajstić information content (AvgIpc) is 2.94. The molecule has 0 unspecified atom stereocenters. The molecule has 23 heavy (non-hydrogen) atoms. The second-order valence-electron chi connectivity index (χ2n) is 5.16. The minimum atomic E-state index is -0.282. The molecule has 6 heteroatoms. The van der Waals surface area contributed by atoms with E-state index in [0.717, 1.165) is 16.9 Å². The number of hydrogen-bond donors (Lipinski definition) is 0. The largest absolute Gasteiger partial charge is 0.354 e. The lowest BCUT2D eigenvalue weighted by Gasteiger charge is -2.12. The highest BCUT2D eigenvalue weighted by Crippen LogP contribution is 2.21. The molecule has 0 aliphatic carbocycles. The van der Waals surface area contributed by atoms with Crippen LogP contribution in [0.5, 0.6) is 0 Å². The molecule has 0 bridgehead atoms. The summed E-state index contributed by atoms with van der Waals surface area (Å²) < 4.78 is 3.54. The Balaban J connectivity index is 1.82. The maximum absolute atomic E-state index is 12.4. The molecule has 0 fully saturated rings. The van der Waals surface area contributed by atoms with E-state index in [9.17, 15) is 4.79 Å². The zero-order valence-electron chi connectivity index (χ0n) is 12.2. The minimum Gasteiger partial charge on any atom is -0.327 e. The summed E-state index contributed by atoms with van der Waals surface area (Å²) in [5.41, 5.74) is 2.25. The third-order valence-corrected chi connectivity index (χ3v) is 3.64. The van der Waals surface area contributed by atoms with E-state index in [1.807, 2.05) is 53.2 Å². The van der Waals surface area contributed by atoms with Gasteiger partial charge in [-0.15, -0.1) is 0 Å². The van der Waals surface area contributed by atoms with Crippen molar-refractivity contribution in [3.8, 4) is 17.2 Å². The van der Waals surface area contributed by atoms with Crippen molar-refractivity contribution in [2.24, 2.45) is 0 Å². The van der Waals surface area contributed by atoms with E-state index in [-0.39, 0.29) is 5.69 Å². The number of aromatic nitrogens is 5. The summed E-state index contributed by atoms with van der Waals surface area (Å²) in [5, 5.41) is 0. The van der Waals surface area contributed by atoms with Crippen LogP contribution in [0.1, 0.15) is 5.56 Å². The molecule has 6 nitrogen and oxygen atoms in total. The van der Waals surface area contributed by atoms with E-state index in [1.165, 1.54) is 6.33 Å². The number of pyridine rings is 1. The van der Waals surface area contributed by atoms with E-state index in [4.69, 9.17) is 0 Å². The molecular formula is C17H13N5O. The Hall–Kier alpha value is -3.28. The Morgan fingerprint density at radius 2 is 1.74 bits per heavy atom. The van der Waals surface area contributed by atoms with Crippen LogP contribution >= 0.6 is 0 Å². The maximum atomic E-state index is 12.4. The van der Waals surface area contributed by atoms with Gasteiger partial charge in [-0.3, -0.25) is 4.57 Å². The summed E-state index contributed by atoms with van der Waals surface area (Å²) in [4.78, 5) is 24.6. The van der Waals surface area contributed by atoms with Gasteiger partial charge >= 0.3 is 5.69 Å². The Bertz CT molecular complexity index is 959. The number of benzene rings is 1. The van der Waals surface area contributed by atoms with Crippen molar-refractivity contribution in [2.45, 2.75) is 6.54 Å². The van der Waals surface area contributed by atoms with E-state index in [1.54, 1.807) is 17.0 Å². The predicted molar refractivity (Wildman–Crippen MR) is 85.6 cm³/mol. The fourth-order valence-electron chi connectivity index (χ4n) is 2.63. The third kappa shape index (κ3) is 2.40. The molecule has 0 radical (unpaired) electrons. The SMILES string of the molecule is O=c1nc2n(Cc3cncnc3)cccc-2n1-c1ccccc1. The van der Waals surface area contributed by atoms with Crippen LogP contribution < -0.4 is 5.69 Å². The lowest BCUT2D eigenvalue weighted by Crippen LogP contribution is -2.14. The van der Waals surface area contributed by atoms with Crippen molar-refractivity contribution in [3.05, 3.63) is 83.4 Å². The van der Waals surface area contributed by atoms with Crippen LogP contribution in [-0.2, 0) is 6.54 Å². The zero-order chi connectivity index (χ0) is 15.6. The molecule has 0 spiro atoms. The molecule has 0 N–H and O–H groups in total. The summed E-state index contributed by atoms with van der Waals surface area (Å²) in [6, 6.07) is 13.3. The van der Waals surface area contributed by atoms with Crippen LogP contribution in [0.3, 0.4) is 0 Å². The molecule has 0 amide bonds. The van der Waals surface area contributed by atoms with Crippen LogP contribution in [0, 0.1) is 0 Å². The molecule has 2 aliphatic heterocycles. The van der Waals surface area contributed by atoms with Gasteiger partial charge in [0, 0.05) is 24.2 Å². The van der Waals surface area contributed by atoms with E-state index in [2.05, 4.69) is 15.0 Å². The molecule has 0 saturated heterocycles. The summed E-state index contributed by atoms with van der Waals surface area (Å²) in [5.74, 6) is 0.644. The molecule has 0 saturated carbocycles. The van der Waals surface area contributed by atoms with E-state index in [0.29, 0.717) is 12.4 Å². The zero-order valence-corrected chi connectivity index (χ0v) is 12.2. The fraction of sp³-hybridized carbons (Fsp3) is 0.0588. The summed E-state index contributed by atoms with van der Waals surface area (Å²) in [6.45, 7) is 0.559. The molecule has 2 aromatic rings. The van der Waals surface area contributed by atoms with Crippen molar-refractivity contribution in [1.82, 2.24) is 24.1 Å². The molecule has 3 heterocycles. The van der Waals surface area contributed by atoms with E-state index < -0.39 is 0 Å².